The minimum Gasteiger partial charge on any atom is -0.347 e. The Morgan fingerprint density at radius 1 is 0.679 bits per heavy atom. The molecule has 2 N–H and O–H groups in total. The van der Waals surface area contributed by atoms with Gasteiger partial charge < -0.3 is 9.97 Å². The normalized spacial score (nSPS) is 14.1. The zero-order valence-electron chi connectivity index (χ0n) is 14.5. The first-order valence-electron chi connectivity index (χ1n) is 7.87. The van der Waals surface area contributed by atoms with Crippen molar-refractivity contribution < 1.29 is 8.42 Å². The summed E-state index contributed by atoms with van der Waals surface area (Å²) >= 11 is 14.3. The van der Waals surface area contributed by atoms with E-state index in [1.807, 2.05) is 24.3 Å². The Kier molecular flexibility index (Phi) is 5.83. The first kappa shape index (κ1) is 21.0. The molecular formula is C18H12Br4N2O2S2. The fourth-order valence-corrected chi connectivity index (χ4v) is 7.69. The second-order valence-electron chi connectivity index (χ2n) is 6.19. The van der Waals surface area contributed by atoms with Gasteiger partial charge in [0, 0.05) is 63.3 Å². The molecule has 0 radical (unpaired) electrons. The number of nitrogens with one attached hydrogen (secondary N) is 2. The molecule has 0 saturated heterocycles. The van der Waals surface area contributed by atoms with Gasteiger partial charge in [0.25, 0.3) is 0 Å². The van der Waals surface area contributed by atoms with Crippen molar-refractivity contribution in [3.8, 4) is 11.1 Å². The molecule has 4 rings (SSSR count). The lowest BCUT2D eigenvalue weighted by atomic mass is 10.0. The van der Waals surface area contributed by atoms with E-state index >= 15 is 0 Å². The Balaban J connectivity index is 2.27. The van der Waals surface area contributed by atoms with Crippen LogP contribution >= 0.6 is 63.7 Å². The van der Waals surface area contributed by atoms with Gasteiger partial charge in [-0.2, -0.15) is 0 Å². The molecular weight excluding hydrogens is 660 g/mol. The molecule has 0 aliphatic heterocycles. The van der Waals surface area contributed by atoms with E-state index in [4.69, 9.17) is 0 Å². The highest BCUT2D eigenvalue weighted by Gasteiger charge is 2.26. The molecule has 0 aliphatic rings. The molecule has 0 aliphatic carbocycles. The maximum atomic E-state index is 12.6. The van der Waals surface area contributed by atoms with Gasteiger partial charge in [0.15, 0.2) is 0 Å². The number of aromatic amines is 2. The number of hydrogen-bond acceptors (Lipinski definition) is 2. The van der Waals surface area contributed by atoms with Gasteiger partial charge in [0.05, 0.1) is 21.6 Å². The van der Waals surface area contributed by atoms with Crippen molar-refractivity contribution in [2.24, 2.45) is 0 Å². The molecule has 0 spiro atoms. The third-order valence-corrected chi connectivity index (χ3v) is 8.31. The highest BCUT2D eigenvalue weighted by Crippen LogP contribution is 2.46. The molecule has 10 heteroatoms. The van der Waals surface area contributed by atoms with Crippen LogP contribution in [-0.2, 0) is 21.6 Å². The van der Waals surface area contributed by atoms with Crippen LogP contribution in [0.5, 0.6) is 0 Å². The van der Waals surface area contributed by atoms with E-state index in [0.29, 0.717) is 10.1 Å². The van der Waals surface area contributed by atoms with E-state index in [1.54, 1.807) is 12.5 Å². The van der Waals surface area contributed by atoms with E-state index in [9.17, 15) is 8.42 Å². The van der Waals surface area contributed by atoms with Gasteiger partial charge in [-0.15, -0.1) is 0 Å². The molecule has 2 aromatic heterocycles. The van der Waals surface area contributed by atoms with E-state index in [-0.39, 0.29) is 0 Å². The quantitative estimate of drug-likeness (QED) is 0.251. The van der Waals surface area contributed by atoms with Crippen LogP contribution in [-0.4, -0.2) is 30.9 Å². The topological polar surface area (TPSA) is 65.7 Å². The summed E-state index contributed by atoms with van der Waals surface area (Å²) in [6.07, 6.45) is 3.28. The van der Waals surface area contributed by atoms with E-state index < -0.39 is 21.6 Å². The number of fused-ring (bicyclic) bond motifs is 2. The van der Waals surface area contributed by atoms with Crippen LogP contribution in [0.1, 0.15) is 0 Å². The Morgan fingerprint density at radius 3 is 1.36 bits per heavy atom. The number of halogens is 4. The molecule has 4 aromatic rings. The Bertz CT molecular complexity index is 1220. The maximum absolute atomic E-state index is 12.6. The van der Waals surface area contributed by atoms with Crippen LogP contribution in [0.15, 0.2) is 52.2 Å². The molecule has 2 atom stereocenters. The molecule has 28 heavy (non-hydrogen) atoms. The first-order chi connectivity index (χ1) is 13.2. The van der Waals surface area contributed by atoms with Crippen molar-refractivity contribution in [3.63, 3.8) is 0 Å². The number of rotatable bonds is 3. The summed E-state index contributed by atoms with van der Waals surface area (Å²) in [5, 5.41) is 2.99. The van der Waals surface area contributed by atoms with Crippen LogP contribution in [0.2, 0.25) is 0 Å². The van der Waals surface area contributed by atoms with E-state index in [0.717, 1.165) is 50.8 Å². The van der Waals surface area contributed by atoms with E-state index in [2.05, 4.69) is 73.7 Å². The summed E-state index contributed by atoms with van der Waals surface area (Å²) in [7, 11) is -2.55. The van der Waals surface area contributed by atoms with Crippen LogP contribution < -0.4 is 0 Å². The summed E-state index contributed by atoms with van der Waals surface area (Å²) < 4.78 is 28.8. The summed E-state index contributed by atoms with van der Waals surface area (Å²) in [5.74, 6) is 0. The highest BCUT2D eigenvalue weighted by molar-refractivity contribution is 9.11. The molecule has 0 saturated carbocycles. The standard InChI is InChI=1S/C18H12Br4N2O2S2/c1-27(25)17-15(13-9(21)3-7(19)5-11(13)23-17)16-14-10(22)4-8(20)6-12(14)24-18(16)28(2)26/h3-6,23-24H,1-2H3/t27-,28+. The van der Waals surface area contributed by atoms with Crippen LogP contribution in [0.3, 0.4) is 0 Å². The molecule has 2 aromatic carbocycles. The lowest BCUT2D eigenvalue weighted by Gasteiger charge is -2.07. The minimum absolute atomic E-state index is 0.594. The predicted molar refractivity (Wildman–Crippen MR) is 131 cm³/mol. The van der Waals surface area contributed by atoms with Gasteiger partial charge in [0.1, 0.15) is 10.1 Å². The van der Waals surface area contributed by atoms with Gasteiger partial charge in [-0.05, 0) is 24.3 Å². The first-order valence-corrected chi connectivity index (χ1v) is 14.2. The van der Waals surface area contributed by atoms with Crippen molar-refractivity contribution in [2.45, 2.75) is 10.1 Å². The molecule has 0 amide bonds. The summed E-state index contributed by atoms with van der Waals surface area (Å²) in [5.41, 5.74) is 3.26. The van der Waals surface area contributed by atoms with Gasteiger partial charge in [-0.1, -0.05) is 63.7 Å². The largest absolute Gasteiger partial charge is 0.347 e. The number of benzene rings is 2. The molecule has 2 heterocycles. The van der Waals surface area contributed by atoms with Crippen molar-refractivity contribution in [2.75, 3.05) is 12.5 Å². The average molecular weight is 672 g/mol. The number of H-pyrrole nitrogens is 2. The van der Waals surface area contributed by atoms with Gasteiger partial charge in [0.2, 0.25) is 0 Å². The molecule has 0 fully saturated rings. The maximum Gasteiger partial charge on any atom is 0.112 e. The van der Waals surface area contributed by atoms with Crippen molar-refractivity contribution in [1.82, 2.24) is 9.97 Å². The Labute approximate surface area is 199 Å². The second kappa shape index (κ2) is 7.77. The van der Waals surface area contributed by atoms with Crippen LogP contribution in [0.4, 0.5) is 0 Å². The molecule has 0 unspecified atom stereocenters. The van der Waals surface area contributed by atoms with Gasteiger partial charge in [-0.3, -0.25) is 8.42 Å². The van der Waals surface area contributed by atoms with Gasteiger partial charge in [-0.25, -0.2) is 0 Å². The van der Waals surface area contributed by atoms with Gasteiger partial charge >= 0.3 is 0 Å². The van der Waals surface area contributed by atoms with Crippen molar-refractivity contribution in [1.29, 1.82) is 0 Å². The molecule has 0 bridgehead atoms. The molecule has 4 nitrogen and oxygen atoms in total. The van der Waals surface area contributed by atoms with Crippen LogP contribution in [0.25, 0.3) is 32.9 Å². The van der Waals surface area contributed by atoms with E-state index in [1.165, 1.54) is 0 Å². The zero-order chi connectivity index (χ0) is 20.3. The smallest absolute Gasteiger partial charge is 0.112 e. The third-order valence-electron chi connectivity index (χ3n) is 4.39. The summed E-state index contributed by atoms with van der Waals surface area (Å²) in [6.45, 7) is 0. The Morgan fingerprint density at radius 2 is 1.04 bits per heavy atom. The number of hydrogen-bond donors (Lipinski definition) is 2. The van der Waals surface area contributed by atoms with Crippen molar-refractivity contribution >= 4 is 107 Å². The SMILES string of the molecule is C[S@](=O)c1[nH]c2cc(Br)cc(Br)c2c1-c1c([S@@](C)=O)[nH]c2cc(Br)cc(Br)c12. The predicted octanol–water partition coefficient (Wildman–Crippen LogP) is 6.84. The lowest BCUT2D eigenvalue weighted by molar-refractivity contribution is 0.683. The Hall–Kier alpha value is -0.260. The van der Waals surface area contributed by atoms with Crippen molar-refractivity contribution in [3.05, 3.63) is 42.2 Å². The average Bonchev–Trinajstić information content (AvgIpc) is 3.12. The fraction of sp³-hybridized carbons (Fsp3) is 0.111. The fourth-order valence-electron chi connectivity index (χ4n) is 3.36. The summed E-state index contributed by atoms with van der Waals surface area (Å²) in [6, 6.07) is 7.79. The van der Waals surface area contributed by atoms with Crippen LogP contribution in [0, 0.1) is 0 Å². The monoisotopic (exact) mass is 668 g/mol. The zero-order valence-corrected chi connectivity index (χ0v) is 22.4. The highest BCUT2D eigenvalue weighted by atomic mass is 79.9. The minimum atomic E-state index is -1.28. The molecule has 146 valence electrons. The number of aromatic nitrogens is 2. The lowest BCUT2D eigenvalue weighted by Crippen LogP contribution is -1.95. The second-order valence-corrected chi connectivity index (χ2v) is 12.4. The summed E-state index contributed by atoms with van der Waals surface area (Å²) in [4.78, 5) is 6.60. The third kappa shape index (κ3) is 3.43.